The summed E-state index contributed by atoms with van der Waals surface area (Å²) >= 11 is 3.03. The Labute approximate surface area is 137 Å². The van der Waals surface area contributed by atoms with Crippen LogP contribution in [0.4, 0.5) is 5.13 Å². The molecule has 0 bridgehead atoms. The Morgan fingerprint density at radius 1 is 1.41 bits per heavy atom. The highest BCUT2D eigenvalue weighted by atomic mass is 32.1. The molecule has 1 fully saturated rings. The summed E-state index contributed by atoms with van der Waals surface area (Å²) < 4.78 is 0. The molecule has 0 aromatic carbocycles. The lowest BCUT2D eigenvalue weighted by Gasteiger charge is -2.49. The number of anilines is 1. The number of thiazole rings is 1. The van der Waals surface area contributed by atoms with E-state index in [0.717, 1.165) is 6.42 Å². The number of aryl methyl sites for hydroxylation is 1. The molecule has 0 spiro atoms. The number of amides is 2. The molecule has 7 heteroatoms. The average Bonchev–Trinajstić information content (AvgIpc) is 3.16. The number of aromatic nitrogens is 1. The molecule has 1 saturated heterocycles. The topological polar surface area (TPSA) is 62.3 Å². The van der Waals surface area contributed by atoms with Gasteiger partial charge in [-0.2, -0.15) is 0 Å². The fourth-order valence-electron chi connectivity index (χ4n) is 2.53. The van der Waals surface area contributed by atoms with Crippen LogP contribution < -0.4 is 5.32 Å². The van der Waals surface area contributed by atoms with Crippen LogP contribution in [-0.2, 0) is 16.0 Å². The third-order valence-electron chi connectivity index (χ3n) is 4.03. The highest BCUT2D eigenvalue weighted by Crippen LogP contribution is 2.32. The monoisotopic (exact) mass is 335 g/mol. The first-order valence-corrected chi connectivity index (χ1v) is 8.89. The van der Waals surface area contributed by atoms with Crippen molar-refractivity contribution in [3.8, 4) is 0 Å². The maximum absolute atomic E-state index is 12.4. The highest BCUT2D eigenvalue weighted by molar-refractivity contribution is 7.13. The van der Waals surface area contributed by atoms with Crippen molar-refractivity contribution >= 4 is 39.6 Å². The van der Waals surface area contributed by atoms with Gasteiger partial charge in [0.15, 0.2) is 5.13 Å². The molecule has 2 amide bonds. The molecular weight excluding hydrogens is 318 g/mol. The number of nitrogens with zero attached hydrogens (tertiary/aromatic N) is 2. The Balaban J connectivity index is 1.59. The number of hydrogen-bond donors (Lipinski definition) is 1. The maximum Gasteiger partial charge on any atom is 0.251 e. The molecule has 2 aromatic heterocycles. The quantitative estimate of drug-likeness (QED) is 0.914. The predicted molar refractivity (Wildman–Crippen MR) is 88.1 cm³/mol. The van der Waals surface area contributed by atoms with Gasteiger partial charge in [0, 0.05) is 29.4 Å². The van der Waals surface area contributed by atoms with Crippen LogP contribution in [0.15, 0.2) is 29.1 Å². The van der Waals surface area contributed by atoms with Crippen LogP contribution in [0.3, 0.4) is 0 Å². The van der Waals surface area contributed by atoms with E-state index in [9.17, 15) is 9.59 Å². The van der Waals surface area contributed by atoms with Crippen molar-refractivity contribution in [3.63, 3.8) is 0 Å². The van der Waals surface area contributed by atoms with Crippen LogP contribution in [0.25, 0.3) is 0 Å². The molecule has 1 unspecified atom stereocenters. The average molecular weight is 335 g/mol. The number of carbonyl (C=O) groups excluding carboxylic acids is 2. The van der Waals surface area contributed by atoms with Crippen LogP contribution in [0.5, 0.6) is 0 Å². The molecular formula is C15H17N3O2S2. The standard InChI is InChI=1S/C15H17N3O2S2/c1-15(13(20)17-14-16-7-10-22-14)6-8-18(15)12(19)5-4-11-3-2-9-21-11/h2-3,7,9-10H,4-6,8H2,1H3,(H,16,17,20). The van der Waals surface area contributed by atoms with Gasteiger partial charge in [-0.3, -0.25) is 14.9 Å². The number of rotatable bonds is 5. The second-order valence-corrected chi connectivity index (χ2v) is 7.37. The summed E-state index contributed by atoms with van der Waals surface area (Å²) in [5.74, 6) is -0.116. The first kappa shape index (κ1) is 15.2. The highest BCUT2D eigenvalue weighted by Gasteiger charge is 2.49. The fraction of sp³-hybridized carbons (Fsp3) is 0.400. The Morgan fingerprint density at radius 3 is 2.86 bits per heavy atom. The van der Waals surface area contributed by atoms with Gasteiger partial charge in [0.05, 0.1) is 0 Å². The lowest BCUT2D eigenvalue weighted by Crippen LogP contribution is -2.66. The smallest absolute Gasteiger partial charge is 0.251 e. The molecule has 1 atom stereocenters. The Hall–Kier alpha value is -1.73. The number of thiophene rings is 1. The van der Waals surface area contributed by atoms with Crippen LogP contribution >= 0.6 is 22.7 Å². The van der Waals surface area contributed by atoms with Crippen LogP contribution in [0.2, 0.25) is 0 Å². The van der Waals surface area contributed by atoms with Gasteiger partial charge in [-0.05, 0) is 31.2 Å². The van der Waals surface area contributed by atoms with Gasteiger partial charge in [0.25, 0.3) is 5.91 Å². The zero-order valence-corrected chi connectivity index (χ0v) is 13.9. The van der Waals surface area contributed by atoms with E-state index in [2.05, 4.69) is 10.3 Å². The van der Waals surface area contributed by atoms with E-state index in [1.807, 2.05) is 29.8 Å². The van der Waals surface area contributed by atoms with E-state index in [1.165, 1.54) is 16.2 Å². The molecule has 1 N–H and O–H groups in total. The van der Waals surface area contributed by atoms with E-state index in [-0.39, 0.29) is 11.8 Å². The molecule has 3 rings (SSSR count). The van der Waals surface area contributed by atoms with Gasteiger partial charge in [0.1, 0.15) is 5.54 Å². The van der Waals surface area contributed by atoms with E-state index in [1.54, 1.807) is 22.4 Å². The molecule has 0 aliphatic carbocycles. The molecule has 5 nitrogen and oxygen atoms in total. The summed E-state index contributed by atoms with van der Waals surface area (Å²) in [7, 11) is 0. The second-order valence-electron chi connectivity index (χ2n) is 5.44. The number of likely N-dealkylation sites (tertiary alicyclic amines) is 1. The SMILES string of the molecule is CC1(C(=O)Nc2nccs2)CCN1C(=O)CCc1cccs1. The maximum atomic E-state index is 12.4. The summed E-state index contributed by atoms with van der Waals surface area (Å²) in [5.41, 5.74) is -0.752. The van der Waals surface area contributed by atoms with Crippen LogP contribution in [0, 0.1) is 0 Å². The number of carbonyl (C=O) groups is 2. The molecule has 3 heterocycles. The van der Waals surface area contributed by atoms with E-state index >= 15 is 0 Å². The van der Waals surface area contributed by atoms with Crippen molar-refractivity contribution in [3.05, 3.63) is 34.0 Å². The van der Waals surface area contributed by atoms with Gasteiger partial charge >= 0.3 is 0 Å². The van der Waals surface area contributed by atoms with Crippen molar-refractivity contribution in [1.82, 2.24) is 9.88 Å². The molecule has 22 heavy (non-hydrogen) atoms. The molecule has 1 aliphatic heterocycles. The summed E-state index contributed by atoms with van der Waals surface area (Å²) in [5, 5.41) is 7.19. The van der Waals surface area contributed by atoms with Gasteiger partial charge in [-0.15, -0.1) is 22.7 Å². The Kier molecular flexibility index (Phi) is 4.26. The number of nitrogens with one attached hydrogen (secondary N) is 1. The summed E-state index contributed by atoms with van der Waals surface area (Å²) in [6, 6.07) is 4.02. The predicted octanol–water partition coefficient (Wildman–Crippen LogP) is 2.77. The number of hydrogen-bond acceptors (Lipinski definition) is 5. The largest absolute Gasteiger partial charge is 0.328 e. The minimum Gasteiger partial charge on any atom is -0.328 e. The Bertz CT molecular complexity index is 654. The summed E-state index contributed by atoms with van der Waals surface area (Å²) in [6.07, 6.45) is 3.51. The van der Waals surface area contributed by atoms with E-state index < -0.39 is 5.54 Å². The zero-order valence-electron chi connectivity index (χ0n) is 12.2. The molecule has 116 valence electrons. The Morgan fingerprint density at radius 2 is 2.27 bits per heavy atom. The van der Waals surface area contributed by atoms with Gasteiger partial charge in [0.2, 0.25) is 5.91 Å². The van der Waals surface area contributed by atoms with Crippen LogP contribution in [-0.4, -0.2) is 33.8 Å². The molecule has 0 radical (unpaired) electrons. The normalized spacial score (nSPS) is 20.5. The lowest BCUT2D eigenvalue weighted by atomic mass is 9.85. The van der Waals surface area contributed by atoms with Crippen molar-refractivity contribution < 1.29 is 9.59 Å². The van der Waals surface area contributed by atoms with Crippen molar-refractivity contribution in [2.75, 3.05) is 11.9 Å². The molecule has 2 aromatic rings. The van der Waals surface area contributed by atoms with Gasteiger partial charge < -0.3 is 4.90 Å². The van der Waals surface area contributed by atoms with Crippen LogP contribution in [0.1, 0.15) is 24.6 Å². The van der Waals surface area contributed by atoms with E-state index in [4.69, 9.17) is 0 Å². The van der Waals surface area contributed by atoms with Crippen molar-refractivity contribution in [2.24, 2.45) is 0 Å². The zero-order chi connectivity index (χ0) is 15.6. The van der Waals surface area contributed by atoms with Crippen molar-refractivity contribution in [1.29, 1.82) is 0 Å². The lowest BCUT2D eigenvalue weighted by molar-refractivity contribution is -0.154. The third kappa shape index (κ3) is 2.91. The summed E-state index contributed by atoms with van der Waals surface area (Å²) in [4.78, 5) is 31.7. The fourth-order valence-corrected chi connectivity index (χ4v) is 3.76. The third-order valence-corrected chi connectivity index (χ3v) is 5.65. The first-order chi connectivity index (χ1) is 10.6. The van der Waals surface area contributed by atoms with Gasteiger partial charge in [-0.1, -0.05) is 6.07 Å². The minimum absolute atomic E-state index is 0.0384. The summed E-state index contributed by atoms with van der Waals surface area (Å²) in [6.45, 7) is 2.47. The minimum atomic E-state index is -0.752. The molecule has 1 aliphatic rings. The van der Waals surface area contributed by atoms with E-state index in [0.29, 0.717) is 24.5 Å². The molecule has 0 saturated carbocycles. The van der Waals surface area contributed by atoms with Crippen molar-refractivity contribution in [2.45, 2.75) is 31.7 Å². The first-order valence-electron chi connectivity index (χ1n) is 7.13. The second kappa shape index (κ2) is 6.18. The van der Waals surface area contributed by atoms with Gasteiger partial charge in [-0.25, -0.2) is 4.98 Å².